The molecule has 7 heteroatoms. The minimum absolute atomic E-state index is 0.0964. The smallest absolute Gasteiger partial charge is 0.128 e. The van der Waals surface area contributed by atoms with Crippen molar-refractivity contribution in [2.75, 3.05) is 18.0 Å². The molecule has 2 N–H and O–H groups in total. The number of anilines is 1. The number of aromatic nitrogens is 4. The summed E-state index contributed by atoms with van der Waals surface area (Å²) >= 11 is 0. The van der Waals surface area contributed by atoms with Gasteiger partial charge in [0, 0.05) is 73.2 Å². The lowest BCUT2D eigenvalue weighted by Gasteiger charge is -2.52. The summed E-state index contributed by atoms with van der Waals surface area (Å²) in [6.45, 7) is 1.77. The molecule has 27 heavy (non-hydrogen) atoms. The topological polar surface area (TPSA) is 85.6 Å². The lowest BCUT2D eigenvalue weighted by Crippen LogP contribution is -2.69. The van der Waals surface area contributed by atoms with Gasteiger partial charge in [0.1, 0.15) is 5.82 Å². The summed E-state index contributed by atoms with van der Waals surface area (Å²) in [7, 11) is 1.91. The molecular formula is C20H21N7. The number of aryl methyl sites for hydroxylation is 1. The van der Waals surface area contributed by atoms with E-state index in [9.17, 15) is 5.26 Å². The van der Waals surface area contributed by atoms with Gasteiger partial charge in [0.25, 0.3) is 0 Å². The highest BCUT2D eigenvalue weighted by atomic mass is 15.3. The number of H-pyrrole nitrogens is 1. The fourth-order valence-electron chi connectivity index (χ4n) is 4.09. The second kappa shape index (κ2) is 6.25. The molecule has 2 saturated heterocycles. The molecule has 0 spiro atoms. The molecule has 0 radical (unpaired) electrons. The number of hydrogen-bond acceptors (Lipinski definition) is 5. The molecule has 0 aromatic carbocycles. The largest absolute Gasteiger partial charge is 0.360 e. The van der Waals surface area contributed by atoms with Crippen LogP contribution in [-0.4, -0.2) is 44.9 Å². The van der Waals surface area contributed by atoms with Crippen molar-refractivity contribution in [3.8, 4) is 28.5 Å². The van der Waals surface area contributed by atoms with E-state index in [-0.39, 0.29) is 5.92 Å². The number of nitriles is 1. The van der Waals surface area contributed by atoms with Crippen LogP contribution >= 0.6 is 0 Å². The van der Waals surface area contributed by atoms with Gasteiger partial charge in [0.15, 0.2) is 0 Å². The van der Waals surface area contributed by atoms with E-state index in [2.05, 4.69) is 49.6 Å². The summed E-state index contributed by atoms with van der Waals surface area (Å²) < 4.78 is 1.80. The van der Waals surface area contributed by atoms with Crippen LogP contribution in [0.1, 0.15) is 6.42 Å². The van der Waals surface area contributed by atoms with E-state index in [4.69, 9.17) is 0 Å². The Hall–Kier alpha value is -3.11. The standard InChI is InChI=1S/C20H21N7/c1-26-11-16(10-25-26)17-5-15(9-23-17)14-2-3-20(24-8-14)27-12-18-19(27)4-13(6-21)7-22-18/h2-3,5,8-11,13,18-19,22-23H,4,7,12H2,1H3/t13?,18-,19-/m0/s1. The Morgan fingerprint density at radius 2 is 2.15 bits per heavy atom. The summed E-state index contributed by atoms with van der Waals surface area (Å²) in [5, 5.41) is 16.9. The average Bonchev–Trinajstić information content (AvgIpc) is 3.32. The highest BCUT2D eigenvalue weighted by molar-refractivity contribution is 5.71. The Balaban J connectivity index is 1.33. The SMILES string of the molecule is Cn1cc(-c2cc(-c3ccc(N4C[C@@H]5NCC(C#N)C[C@@H]54)nc3)c[nH]2)cn1. The zero-order valence-corrected chi connectivity index (χ0v) is 15.1. The molecule has 0 bridgehead atoms. The van der Waals surface area contributed by atoms with E-state index >= 15 is 0 Å². The predicted octanol–water partition coefficient (Wildman–Crippen LogP) is 2.17. The molecule has 2 fully saturated rings. The zero-order valence-electron chi connectivity index (χ0n) is 15.1. The van der Waals surface area contributed by atoms with E-state index < -0.39 is 0 Å². The Morgan fingerprint density at radius 3 is 2.89 bits per heavy atom. The Kier molecular flexibility index (Phi) is 3.73. The van der Waals surface area contributed by atoms with E-state index in [0.29, 0.717) is 12.1 Å². The summed E-state index contributed by atoms with van der Waals surface area (Å²) in [5.74, 6) is 1.09. The van der Waals surface area contributed by atoms with Gasteiger partial charge in [-0.05, 0) is 24.6 Å². The lowest BCUT2D eigenvalue weighted by atomic mass is 9.83. The minimum Gasteiger partial charge on any atom is -0.360 e. The van der Waals surface area contributed by atoms with Crippen molar-refractivity contribution in [3.05, 3.63) is 43.0 Å². The monoisotopic (exact) mass is 359 g/mol. The van der Waals surface area contributed by atoms with Crippen molar-refractivity contribution in [2.45, 2.75) is 18.5 Å². The van der Waals surface area contributed by atoms with Crippen molar-refractivity contribution in [1.29, 1.82) is 5.26 Å². The maximum Gasteiger partial charge on any atom is 0.128 e. The molecule has 3 atom stereocenters. The van der Waals surface area contributed by atoms with Gasteiger partial charge in [-0.1, -0.05) is 0 Å². The van der Waals surface area contributed by atoms with Gasteiger partial charge in [-0.15, -0.1) is 0 Å². The number of piperidine rings is 1. The summed E-state index contributed by atoms with van der Waals surface area (Å²) in [6.07, 6.45) is 8.69. The average molecular weight is 359 g/mol. The third kappa shape index (κ3) is 2.78. The Labute approximate surface area is 157 Å². The third-order valence-electron chi connectivity index (χ3n) is 5.67. The Morgan fingerprint density at radius 1 is 1.22 bits per heavy atom. The second-order valence-electron chi connectivity index (χ2n) is 7.41. The molecule has 0 saturated carbocycles. The number of rotatable bonds is 3. The summed E-state index contributed by atoms with van der Waals surface area (Å²) in [5.41, 5.74) is 4.30. The van der Waals surface area contributed by atoms with Crippen molar-refractivity contribution >= 4 is 5.82 Å². The van der Waals surface area contributed by atoms with E-state index in [1.165, 1.54) is 0 Å². The van der Waals surface area contributed by atoms with E-state index in [1.807, 2.05) is 31.8 Å². The third-order valence-corrected chi connectivity index (χ3v) is 5.67. The number of nitrogens with zero attached hydrogens (tertiary/aromatic N) is 5. The second-order valence-corrected chi connectivity index (χ2v) is 7.41. The highest BCUT2D eigenvalue weighted by Crippen LogP contribution is 2.33. The van der Waals surface area contributed by atoms with Gasteiger partial charge in [-0.3, -0.25) is 4.68 Å². The molecule has 7 nitrogen and oxygen atoms in total. The number of nitrogens with one attached hydrogen (secondary N) is 2. The fourth-order valence-corrected chi connectivity index (χ4v) is 4.09. The van der Waals surface area contributed by atoms with Crippen LogP contribution in [0.4, 0.5) is 5.82 Å². The predicted molar refractivity (Wildman–Crippen MR) is 103 cm³/mol. The maximum atomic E-state index is 9.19. The molecule has 3 aromatic rings. The fraction of sp³-hybridized carbons (Fsp3) is 0.350. The van der Waals surface area contributed by atoms with Gasteiger partial charge in [0.05, 0.1) is 18.2 Å². The number of fused-ring (bicyclic) bond motifs is 1. The summed E-state index contributed by atoms with van der Waals surface area (Å²) in [4.78, 5) is 10.3. The quantitative estimate of drug-likeness (QED) is 0.749. The Bertz CT molecular complexity index is 994. The molecule has 0 aliphatic carbocycles. The number of aromatic amines is 1. The number of hydrogen-bond donors (Lipinski definition) is 2. The van der Waals surface area contributed by atoms with Crippen molar-refractivity contribution in [3.63, 3.8) is 0 Å². The van der Waals surface area contributed by atoms with Crippen molar-refractivity contribution in [1.82, 2.24) is 25.1 Å². The normalized spacial score (nSPS) is 24.1. The highest BCUT2D eigenvalue weighted by Gasteiger charge is 2.43. The van der Waals surface area contributed by atoms with Crippen LogP contribution in [-0.2, 0) is 7.05 Å². The lowest BCUT2D eigenvalue weighted by molar-refractivity contribution is 0.229. The van der Waals surface area contributed by atoms with Crippen LogP contribution < -0.4 is 10.2 Å². The molecule has 0 amide bonds. The zero-order chi connectivity index (χ0) is 18.4. The first-order valence-electron chi connectivity index (χ1n) is 9.25. The van der Waals surface area contributed by atoms with Crippen LogP contribution in [0.2, 0.25) is 0 Å². The van der Waals surface area contributed by atoms with Gasteiger partial charge < -0.3 is 15.2 Å². The first kappa shape index (κ1) is 16.1. The van der Waals surface area contributed by atoms with Crippen molar-refractivity contribution < 1.29 is 0 Å². The van der Waals surface area contributed by atoms with Crippen LogP contribution in [0, 0.1) is 17.2 Å². The molecule has 5 heterocycles. The van der Waals surface area contributed by atoms with Crippen LogP contribution in [0.15, 0.2) is 43.0 Å². The molecule has 136 valence electrons. The van der Waals surface area contributed by atoms with Crippen molar-refractivity contribution in [2.24, 2.45) is 13.0 Å². The van der Waals surface area contributed by atoms with E-state index in [1.54, 1.807) is 4.68 Å². The first-order valence-corrected chi connectivity index (χ1v) is 9.25. The van der Waals surface area contributed by atoms with Gasteiger partial charge in [-0.2, -0.15) is 10.4 Å². The van der Waals surface area contributed by atoms with Gasteiger partial charge in [-0.25, -0.2) is 4.98 Å². The molecule has 2 aliphatic heterocycles. The van der Waals surface area contributed by atoms with Gasteiger partial charge >= 0.3 is 0 Å². The first-order chi connectivity index (χ1) is 13.2. The van der Waals surface area contributed by atoms with Crippen LogP contribution in [0.3, 0.4) is 0 Å². The van der Waals surface area contributed by atoms with Crippen LogP contribution in [0.5, 0.6) is 0 Å². The molecule has 2 aliphatic rings. The number of pyridine rings is 1. The molecular weight excluding hydrogens is 338 g/mol. The van der Waals surface area contributed by atoms with E-state index in [0.717, 1.165) is 47.7 Å². The summed E-state index contributed by atoms with van der Waals surface area (Å²) in [6, 6.07) is 9.58. The van der Waals surface area contributed by atoms with Gasteiger partial charge in [0.2, 0.25) is 0 Å². The minimum atomic E-state index is 0.0964. The van der Waals surface area contributed by atoms with Crippen LogP contribution in [0.25, 0.3) is 22.4 Å². The molecule has 3 aromatic heterocycles. The molecule has 5 rings (SSSR count). The maximum absolute atomic E-state index is 9.19. The molecule has 1 unspecified atom stereocenters.